The minimum absolute atomic E-state index is 0.0877. The first-order valence-electron chi connectivity index (χ1n) is 5.56. The van der Waals surface area contributed by atoms with Gasteiger partial charge in [-0.05, 0) is 28.4 Å². The summed E-state index contributed by atoms with van der Waals surface area (Å²) in [6.45, 7) is 1.95. The van der Waals surface area contributed by atoms with Crippen LogP contribution < -0.4 is 4.74 Å². The van der Waals surface area contributed by atoms with E-state index < -0.39 is 4.92 Å². The summed E-state index contributed by atoms with van der Waals surface area (Å²) in [5, 5.41) is 11.0. The number of hydrogen-bond donors (Lipinski definition) is 0. The van der Waals surface area contributed by atoms with Crippen LogP contribution in [0.1, 0.15) is 11.3 Å². The number of halogens is 1. The van der Waals surface area contributed by atoms with Crippen molar-refractivity contribution < 1.29 is 9.66 Å². The third-order valence-corrected chi connectivity index (χ3v) is 3.00. The lowest BCUT2D eigenvalue weighted by Gasteiger charge is -2.08. The zero-order valence-electron chi connectivity index (χ0n) is 10.2. The van der Waals surface area contributed by atoms with E-state index in [9.17, 15) is 10.1 Å². The predicted molar refractivity (Wildman–Crippen MR) is 74.1 cm³/mol. The molecular weight excluding hydrogens is 312 g/mol. The van der Waals surface area contributed by atoms with E-state index in [1.165, 1.54) is 6.07 Å². The van der Waals surface area contributed by atoms with Crippen LogP contribution in [0.2, 0.25) is 0 Å². The van der Waals surface area contributed by atoms with Crippen molar-refractivity contribution >= 4 is 21.6 Å². The summed E-state index contributed by atoms with van der Waals surface area (Å²) in [5.41, 5.74) is 1.41. The maximum Gasteiger partial charge on any atom is 0.315 e. The lowest BCUT2D eigenvalue weighted by atomic mass is 10.2. The summed E-state index contributed by atoms with van der Waals surface area (Å²) >= 11 is 3.20. The third-order valence-electron chi connectivity index (χ3n) is 2.46. The van der Waals surface area contributed by atoms with Crippen molar-refractivity contribution in [3.8, 4) is 5.75 Å². The van der Waals surface area contributed by atoms with E-state index in [1.54, 1.807) is 6.92 Å². The Bertz CT molecular complexity index is 602. The second kappa shape index (κ2) is 5.79. The van der Waals surface area contributed by atoms with Crippen LogP contribution in [0.4, 0.5) is 5.69 Å². The molecule has 0 amide bonds. The predicted octanol–water partition coefficient (Wildman–Crippen LogP) is 3.64. The molecule has 19 heavy (non-hydrogen) atoms. The number of aryl methyl sites for hydroxylation is 1. The van der Waals surface area contributed by atoms with Crippen molar-refractivity contribution in [2.75, 3.05) is 0 Å². The van der Waals surface area contributed by atoms with Crippen molar-refractivity contribution in [1.82, 2.24) is 4.98 Å². The maximum absolute atomic E-state index is 11.0. The van der Waals surface area contributed by atoms with Crippen LogP contribution in [0.5, 0.6) is 5.75 Å². The zero-order valence-corrected chi connectivity index (χ0v) is 11.8. The molecule has 2 rings (SSSR count). The lowest BCUT2D eigenvalue weighted by Crippen LogP contribution is -2.02. The fourth-order valence-electron chi connectivity index (χ4n) is 1.61. The van der Waals surface area contributed by atoms with Gasteiger partial charge in [-0.2, -0.15) is 0 Å². The van der Waals surface area contributed by atoms with Crippen LogP contribution in [0.3, 0.4) is 0 Å². The summed E-state index contributed by atoms with van der Waals surface area (Å²) in [6, 6.07) is 10.8. The summed E-state index contributed by atoms with van der Waals surface area (Å²) < 4.78 is 5.86. The highest BCUT2D eigenvalue weighted by Gasteiger charge is 2.20. The van der Waals surface area contributed by atoms with E-state index >= 15 is 0 Å². The number of rotatable bonds is 4. The van der Waals surface area contributed by atoms with Gasteiger partial charge in [0.25, 0.3) is 0 Å². The summed E-state index contributed by atoms with van der Waals surface area (Å²) in [6.07, 6.45) is 0. The lowest BCUT2D eigenvalue weighted by molar-refractivity contribution is -0.386. The Hall–Kier alpha value is -1.95. The number of nitro groups is 1. The molecule has 0 radical (unpaired) electrons. The number of aromatic nitrogens is 1. The zero-order chi connectivity index (χ0) is 13.8. The number of pyridine rings is 1. The van der Waals surface area contributed by atoms with Gasteiger partial charge in [-0.15, -0.1) is 0 Å². The highest BCUT2D eigenvalue weighted by molar-refractivity contribution is 9.10. The van der Waals surface area contributed by atoms with E-state index in [1.807, 2.05) is 30.3 Å². The smallest absolute Gasteiger partial charge is 0.315 e. The summed E-state index contributed by atoms with van der Waals surface area (Å²) in [4.78, 5) is 14.7. The minimum atomic E-state index is -0.472. The van der Waals surface area contributed by atoms with Gasteiger partial charge >= 0.3 is 5.69 Å². The third kappa shape index (κ3) is 3.29. The van der Waals surface area contributed by atoms with Gasteiger partial charge in [-0.3, -0.25) is 10.1 Å². The maximum atomic E-state index is 11.0. The Kier molecular flexibility index (Phi) is 4.11. The standard InChI is InChI=1S/C13H11BrN2O3/c1-9-7-11(16(17)18)12(13(14)15-9)19-8-10-5-3-2-4-6-10/h2-7H,8H2,1H3. The van der Waals surface area contributed by atoms with Gasteiger partial charge in [0.15, 0.2) is 4.60 Å². The molecule has 1 heterocycles. The van der Waals surface area contributed by atoms with Gasteiger partial charge in [-0.1, -0.05) is 30.3 Å². The number of nitrogens with zero attached hydrogens (tertiary/aromatic N) is 2. The quantitative estimate of drug-likeness (QED) is 0.489. The van der Waals surface area contributed by atoms with Gasteiger partial charge < -0.3 is 4.74 Å². The summed E-state index contributed by atoms with van der Waals surface area (Å²) in [7, 11) is 0. The van der Waals surface area contributed by atoms with E-state index in [0.29, 0.717) is 10.3 Å². The van der Waals surface area contributed by atoms with Crippen molar-refractivity contribution in [1.29, 1.82) is 0 Å². The second-order valence-corrected chi connectivity index (χ2v) is 4.69. The molecule has 0 aliphatic heterocycles. The van der Waals surface area contributed by atoms with E-state index in [0.717, 1.165) is 5.56 Å². The van der Waals surface area contributed by atoms with E-state index in [4.69, 9.17) is 4.74 Å². The molecule has 0 aliphatic rings. The number of benzene rings is 1. The first-order chi connectivity index (χ1) is 9.08. The normalized spacial score (nSPS) is 10.2. The molecule has 1 aromatic carbocycles. The topological polar surface area (TPSA) is 65.3 Å². The van der Waals surface area contributed by atoms with Gasteiger partial charge in [0, 0.05) is 11.8 Å². The molecule has 6 heteroatoms. The van der Waals surface area contributed by atoms with Crippen LogP contribution in [-0.4, -0.2) is 9.91 Å². The Morgan fingerprint density at radius 1 is 1.37 bits per heavy atom. The molecule has 0 spiro atoms. The molecule has 1 aromatic heterocycles. The van der Waals surface area contributed by atoms with Crippen molar-refractivity contribution in [2.45, 2.75) is 13.5 Å². The fourth-order valence-corrected chi connectivity index (χ4v) is 2.20. The molecule has 98 valence electrons. The first-order valence-corrected chi connectivity index (χ1v) is 6.35. The Labute approximate surface area is 118 Å². The Balaban J connectivity index is 2.27. The van der Waals surface area contributed by atoms with Gasteiger partial charge in [0.2, 0.25) is 5.75 Å². The molecule has 0 saturated carbocycles. The van der Waals surface area contributed by atoms with Gasteiger partial charge in [0.1, 0.15) is 6.61 Å². The average Bonchev–Trinajstić information content (AvgIpc) is 2.38. The molecule has 5 nitrogen and oxygen atoms in total. The van der Waals surface area contributed by atoms with Gasteiger partial charge in [-0.25, -0.2) is 4.98 Å². The Morgan fingerprint density at radius 3 is 2.68 bits per heavy atom. The molecule has 0 fully saturated rings. The second-order valence-electron chi connectivity index (χ2n) is 3.93. The van der Waals surface area contributed by atoms with Crippen LogP contribution in [-0.2, 0) is 6.61 Å². The summed E-state index contributed by atoms with van der Waals surface area (Å²) in [5.74, 6) is 0.152. The van der Waals surface area contributed by atoms with Crippen molar-refractivity contribution in [3.05, 3.63) is 62.4 Å². The SMILES string of the molecule is Cc1cc([N+](=O)[O-])c(OCc2ccccc2)c(Br)n1. The highest BCUT2D eigenvalue weighted by atomic mass is 79.9. The van der Waals surface area contributed by atoms with E-state index in [2.05, 4.69) is 20.9 Å². The molecule has 2 aromatic rings. The fraction of sp³-hybridized carbons (Fsp3) is 0.154. The molecule has 0 aliphatic carbocycles. The number of ether oxygens (including phenoxy) is 1. The molecule has 0 unspecified atom stereocenters. The van der Waals surface area contributed by atoms with Crippen LogP contribution in [0.25, 0.3) is 0 Å². The Morgan fingerprint density at radius 2 is 2.05 bits per heavy atom. The number of hydrogen-bond acceptors (Lipinski definition) is 4. The molecule has 0 atom stereocenters. The van der Waals surface area contributed by atoms with Crippen molar-refractivity contribution in [3.63, 3.8) is 0 Å². The van der Waals surface area contributed by atoms with Crippen LogP contribution >= 0.6 is 15.9 Å². The molecule has 0 saturated heterocycles. The molecule has 0 bridgehead atoms. The minimum Gasteiger partial charge on any atom is -0.480 e. The van der Waals surface area contributed by atoms with Gasteiger partial charge in [0.05, 0.1) is 4.92 Å². The molecule has 0 N–H and O–H groups in total. The van der Waals surface area contributed by atoms with Crippen LogP contribution in [0.15, 0.2) is 41.0 Å². The van der Waals surface area contributed by atoms with Crippen LogP contribution in [0, 0.1) is 17.0 Å². The average molecular weight is 323 g/mol. The van der Waals surface area contributed by atoms with Crippen molar-refractivity contribution in [2.24, 2.45) is 0 Å². The largest absolute Gasteiger partial charge is 0.480 e. The first kappa shape index (κ1) is 13.5. The molecular formula is C13H11BrN2O3. The monoisotopic (exact) mass is 322 g/mol. The van der Waals surface area contributed by atoms with E-state index in [-0.39, 0.29) is 18.0 Å². The highest BCUT2D eigenvalue weighted by Crippen LogP contribution is 2.34.